The van der Waals surface area contributed by atoms with Gasteiger partial charge in [-0.1, -0.05) is 0 Å². The molecule has 2 aliphatic carbocycles. The molecular weight excluding hydrogens is 254 g/mol. The van der Waals surface area contributed by atoms with E-state index in [0.717, 1.165) is 31.2 Å². The lowest BCUT2D eigenvalue weighted by atomic mass is 10.1. The van der Waals surface area contributed by atoms with Gasteiger partial charge in [0.2, 0.25) is 5.91 Å². The van der Waals surface area contributed by atoms with E-state index in [1.54, 1.807) is 0 Å². The van der Waals surface area contributed by atoms with Gasteiger partial charge in [-0.2, -0.15) is 0 Å². The van der Waals surface area contributed by atoms with Gasteiger partial charge in [0.15, 0.2) is 0 Å². The molecule has 0 bridgehead atoms. The first kappa shape index (κ1) is 13.7. The van der Waals surface area contributed by atoms with Gasteiger partial charge in [0.05, 0.1) is 0 Å². The third-order valence-electron chi connectivity index (χ3n) is 4.67. The zero-order chi connectivity index (χ0) is 14.1. The first-order chi connectivity index (χ1) is 9.63. The third kappa shape index (κ3) is 3.44. The second kappa shape index (κ2) is 5.62. The summed E-state index contributed by atoms with van der Waals surface area (Å²) in [5.74, 6) is 1.44. The Morgan fingerprint density at radius 1 is 1.10 bits per heavy atom. The number of likely N-dealkylation sites (tertiary alicyclic amines) is 1. The van der Waals surface area contributed by atoms with E-state index in [1.807, 2.05) is 4.90 Å². The average Bonchev–Trinajstić information content (AvgIpc) is 3.28. The van der Waals surface area contributed by atoms with Crippen molar-refractivity contribution >= 4 is 11.9 Å². The first-order valence-electron chi connectivity index (χ1n) is 7.96. The van der Waals surface area contributed by atoms with Gasteiger partial charge >= 0.3 is 6.03 Å². The molecule has 20 heavy (non-hydrogen) atoms. The van der Waals surface area contributed by atoms with Crippen LogP contribution < -0.4 is 10.6 Å². The monoisotopic (exact) mass is 279 g/mol. The molecule has 0 aromatic rings. The van der Waals surface area contributed by atoms with Crippen molar-refractivity contribution in [1.29, 1.82) is 0 Å². The standard InChI is InChI=1S/C15H25N3O2/c1-10(19)16-13-3-2-8-18(9-13)15(20)17-14(11-4-5-11)12-6-7-12/h11-14H,2-9H2,1H3,(H,16,19)(H,17,20)/t13-/m0/s1. The molecule has 1 heterocycles. The van der Waals surface area contributed by atoms with Crippen LogP contribution in [0.3, 0.4) is 0 Å². The number of carbonyl (C=O) groups excluding carboxylic acids is 2. The maximum absolute atomic E-state index is 12.4. The largest absolute Gasteiger partial charge is 0.352 e. The fourth-order valence-electron chi connectivity index (χ4n) is 3.33. The zero-order valence-electron chi connectivity index (χ0n) is 12.2. The zero-order valence-corrected chi connectivity index (χ0v) is 12.2. The highest BCUT2D eigenvalue weighted by atomic mass is 16.2. The number of piperidine rings is 1. The molecule has 3 rings (SSSR count). The van der Waals surface area contributed by atoms with Gasteiger partial charge in [-0.05, 0) is 50.4 Å². The van der Waals surface area contributed by atoms with E-state index in [9.17, 15) is 9.59 Å². The lowest BCUT2D eigenvalue weighted by molar-refractivity contribution is -0.119. The van der Waals surface area contributed by atoms with Crippen LogP contribution >= 0.6 is 0 Å². The summed E-state index contributed by atoms with van der Waals surface area (Å²) in [6.07, 6.45) is 7.03. The van der Waals surface area contributed by atoms with Crippen LogP contribution in [-0.2, 0) is 4.79 Å². The normalized spacial score (nSPS) is 26.5. The fraction of sp³-hybridized carbons (Fsp3) is 0.867. The highest BCUT2D eigenvalue weighted by molar-refractivity contribution is 5.75. The number of rotatable bonds is 4. The van der Waals surface area contributed by atoms with Crippen molar-refractivity contribution in [3.8, 4) is 0 Å². The van der Waals surface area contributed by atoms with Crippen LogP contribution in [0.25, 0.3) is 0 Å². The average molecular weight is 279 g/mol. The summed E-state index contributed by atoms with van der Waals surface area (Å²) in [6.45, 7) is 2.99. The molecule has 5 nitrogen and oxygen atoms in total. The molecule has 0 spiro atoms. The van der Waals surface area contributed by atoms with Gasteiger partial charge in [0.25, 0.3) is 0 Å². The van der Waals surface area contributed by atoms with Crippen molar-refractivity contribution in [1.82, 2.24) is 15.5 Å². The van der Waals surface area contributed by atoms with E-state index in [0.29, 0.717) is 12.6 Å². The summed E-state index contributed by atoms with van der Waals surface area (Å²) < 4.78 is 0. The smallest absolute Gasteiger partial charge is 0.317 e. The molecule has 1 aliphatic heterocycles. The summed E-state index contributed by atoms with van der Waals surface area (Å²) in [5, 5.41) is 6.19. The van der Waals surface area contributed by atoms with Crippen LogP contribution in [0.1, 0.15) is 45.4 Å². The molecule has 3 fully saturated rings. The van der Waals surface area contributed by atoms with Gasteiger partial charge < -0.3 is 15.5 Å². The van der Waals surface area contributed by atoms with Crippen molar-refractivity contribution in [3.05, 3.63) is 0 Å². The van der Waals surface area contributed by atoms with Crippen LogP contribution in [-0.4, -0.2) is 42.0 Å². The van der Waals surface area contributed by atoms with Gasteiger partial charge in [-0.3, -0.25) is 4.79 Å². The second-order valence-corrected chi connectivity index (χ2v) is 6.64. The minimum absolute atomic E-state index is 0.00824. The Morgan fingerprint density at radius 3 is 2.30 bits per heavy atom. The van der Waals surface area contributed by atoms with Crippen LogP contribution in [0.2, 0.25) is 0 Å². The number of hydrogen-bond donors (Lipinski definition) is 2. The summed E-state index contributed by atoms with van der Waals surface area (Å²) in [4.78, 5) is 25.4. The van der Waals surface area contributed by atoms with Crippen molar-refractivity contribution in [2.45, 2.75) is 57.5 Å². The van der Waals surface area contributed by atoms with Crippen molar-refractivity contribution in [2.24, 2.45) is 11.8 Å². The Balaban J connectivity index is 1.51. The molecule has 3 aliphatic rings. The molecule has 0 aromatic heterocycles. The number of urea groups is 1. The summed E-state index contributed by atoms with van der Waals surface area (Å²) in [7, 11) is 0. The Morgan fingerprint density at radius 2 is 1.75 bits per heavy atom. The Bertz CT molecular complexity index is 379. The maximum Gasteiger partial charge on any atom is 0.317 e. The van der Waals surface area contributed by atoms with Crippen LogP contribution in [0.4, 0.5) is 4.79 Å². The summed E-state index contributed by atoms with van der Waals surface area (Å²) >= 11 is 0. The molecule has 112 valence electrons. The van der Waals surface area contributed by atoms with Gasteiger partial charge in [0.1, 0.15) is 0 Å². The molecule has 0 aromatic carbocycles. The van der Waals surface area contributed by atoms with Crippen LogP contribution in [0.15, 0.2) is 0 Å². The van der Waals surface area contributed by atoms with Crippen LogP contribution in [0.5, 0.6) is 0 Å². The van der Waals surface area contributed by atoms with E-state index in [1.165, 1.54) is 32.6 Å². The van der Waals surface area contributed by atoms with E-state index < -0.39 is 0 Å². The van der Waals surface area contributed by atoms with Gasteiger partial charge in [-0.25, -0.2) is 4.79 Å². The first-order valence-corrected chi connectivity index (χ1v) is 7.96. The molecule has 1 atom stereocenters. The van der Waals surface area contributed by atoms with E-state index in [4.69, 9.17) is 0 Å². The molecule has 0 radical (unpaired) electrons. The fourth-order valence-corrected chi connectivity index (χ4v) is 3.33. The molecule has 1 saturated heterocycles. The number of nitrogens with zero attached hydrogens (tertiary/aromatic N) is 1. The highest BCUT2D eigenvalue weighted by Crippen LogP contribution is 2.44. The van der Waals surface area contributed by atoms with Gasteiger partial charge in [-0.15, -0.1) is 0 Å². The number of carbonyl (C=O) groups is 2. The molecule has 3 amide bonds. The topological polar surface area (TPSA) is 61.4 Å². The Hall–Kier alpha value is -1.26. The van der Waals surface area contributed by atoms with Gasteiger partial charge in [0, 0.05) is 32.1 Å². The Labute approximate surface area is 120 Å². The lowest BCUT2D eigenvalue weighted by Gasteiger charge is -2.34. The molecule has 2 N–H and O–H groups in total. The minimum Gasteiger partial charge on any atom is -0.352 e. The van der Waals surface area contributed by atoms with Crippen molar-refractivity contribution in [3.63, 3.8) is 0 Å². The number of nitrogens with one attached hydrogen (secondary N) is 2. The molecule has 5 heteroatoms. The highest BCUT2D eigenvalue weighted by Gasteiger charge is 2.42. The number of hydrogen-bond acceptors (Lipinski definition) is 2. The minimum atomic E-state index is -0.00824. The molecule has 0 unspecified atom stereocenters. The second-order valence-electron chi connectivity index (χ2n) is 6.64. The SMILES string of the molecule is CC(=O)N[C@H]1CCCN(C(=O)NC(C2CC2)C2CC2)C1. The Kier molecular flexibility index (Phi) is 3.85. The van der Waals surface area contributed by atoms with E-state index in [-0.39, 0.29) is 18.0 Å². The maximum atomic E-state index is 12.4. The molecule has 2 saturated carbocycles. The predicted octanol–water partition coefficient (Wildman–Crippen LogP) is 1.49. The summed E-state index contributed by atoms with van der Waals surface area (Å²) in [5.41, 5.74) is 0. The number of amides is 3. The van der Waals surface area contributed by atoms with Crippen molar-refractivity contribution < 1.29 is 9.59 Å². The quantitative estimate of drug-likeness (QED) is 0.819. The summed E-state index contributed by atoms with van der Waals surface area (Å²) in [6, 6.07) is 0.597. The van der Waals surface area contributed by atoms with E-state index in [2.05, 4.69) is 10.6 Å². The van der Waals surface area contributed by atoms with E-state index >= 15 is 0 Å². The van der Waals surface area contributed by atoms with Crippen molar-refractivity contribution in [2.75, 3.05) is 13.1 Å². The predicted molar refractivity (Wildman–Crippen MR) is 76.2 cm³/mol. The lowest BCUT2D eigenvalue weighted by Crippen LogP contribution is -2.54. The third-order valence-corrected chi connectivity index (χ3v) is 4.67. The molecular formula is C15H25N3O2. The van der Waals surface area contributed by atoms with Crippen LogP contribution in [0, 0.1) is 11.8 Å².